The molecular weight excluding hydrogens is 260 g/mol. The molecule has 2 rings (SSSR count). The second-order valence-corrected chi connectivity index (χ2v) is 5.56. The van der Waals surface area contributed by atoms with Crippen LogP contribution in [0.1, 0.15) is 50.5 Å². The van der Waals surface area contributed by atoms with Crippen LogP contribution in [-0.4, -0.2) is 5.91 Å². The lowest BCUT2D eigenvalue weighted by Gasteiger charge is -2.21. The van der Waals surface area contributed by atoms with Gasteiger partial charge < -0.3 is 5.32 Å². The van der Waals surface area contributed by atoms with E-state index in [0.29, 0.717) is 17.9 Å². The largest absolute Gasteiger partial charge is 0.352 e. The standard InChI is InChI=1S/C16H21F2NO/c17-14-8-7-13(15(18)10-14)11-19-16(20)9-6-12-4-2-1-3-5-12/h7-8,10,12H,1-6,9,11H2,(H,19,20). The SMILES string of the molecule is O=C(CCC1CCCCC1)NCc1ccc(F)cc1F. The maximum atomic E-state index is 13.4. The molecule has 1 aliphatic rings. The molecule has 0 atom stereocenters. The first-order chi connectivity index (χ1) is 9.65. The van der Waals surface area contributed by atoms with Gasteiger partial charge in [0.1, 0.15) is 11.6 Å². The van der Waals surface area contributed by atoms with E-state index in [4.69, 9.17) is 0 Å². The average Bonchev–Trinajstić information content (AvgIpc) is 2.45. The van der Waals surface area contributed by atoms with Crippen molar-refractivity contribution in [3.8, 4) is 0 Å². The van der Waals surface area contributed by atoms with E-state index >= 15 is 0 Å². The van der Waals surface area contributed by atoms with Crippen molar-refractivity contribution in [3.05, 3.63) is 35.4 Å². The summed E-state index contributed by atoms with van der Waals surface area (Å²) in [6.07, 6.45) is 7.71. The van der Waals surface area contributed by atoms with E-state index in [0.717, 1.165) is 12.5 Å². The van der Waals surface area contributed by atoms with Crippen molar-refractivity contribution in [2.45, 2.75) is 51.5 Å². The summed E-state index contributed by atoms with van der Waals surface area (Å²) in [5.74, 6) is -0.608. The predicted molar refractivity (Wildman–Crippen MR) is 74.0 cm³/mol. The molecule has 110 valence electrons. The molecule has 1 fully saturated rings. The van der Waals surface area contributed by atoms with Gasteiger partial charge in [-0.15, -0.1) is 0 Å². The van der Waals surface area contributed by atoms with Crippen LogP contribution in [-0.2, 0) is 11.3 Å². The van der Waals surface area contributed by atoms with Gasteiger partial charge in [-0.25, -0.2) is 8.78 Å². The quantitative estimate of drug-likeness (QED) is 0.870. The molecule has 4 heteroatoms. The van der Waals surface area contributed by atoms with Crippen molar-refractivity contribution < 1.29 is 13.6 Å². The van der Waals surface area contributed by atoms with Crippen molar-refractivity contribution in [2.24, 2.45) is 5.92 Å². The molecule has 1 aliphatic carbocycles. The molecule has 2 nitrogen and oxygen atoms in total. The number of carbonyl (C=O) groups excluding carboxylic acids is 1. The highest BCUT2D eigenvalue weighted by atomic mass is 19.1. The van der Waals surface area contributed by atoms with Crippen LogP contribution in [0, 0.1) is 17.6 Å². The number of nitrogens with one attached hydrogen (secondary N) is 1. The van der Waals surface area contributed by atoms with Crippen molar-refractivity contribution >= 4 is 5.91 Å². The van der Waals surface area contributed by atoms with Crippen LogP contribution >= 0.6 is 0 Å². The first-order valence-electron chi connectivity index (χ1n) is 7.36. The Hall–Kier alpha value is -1.45. The van der Waals surface area contributed by atoms with Crippen LogP contribution in [0.3, 0.4) is 0 Å². The molecule has 0 aliphatic heterocycles. The van der Waals surface area contributed by atoms with E-state index < -0.39 is 11.6 Å². The summed E-state index contributed by atoms with van der Waals surface area (Å²) in [7, 11) is 0. The monoisotopic (exact) mass is 281 g/mol. The Bertz CT molecular complexity index is 456. The van der Waals surface area contributed by atoms with E-state index in [1.807, 2.05) is 0 Å². The average molecular weight is 281 g/mol. The number of carbonyl (C=O) groups is 1. The second kappa shape index (κ2) is 7.36. The molecule has 0 spiro atoms. The lowest BCUT2D eigenvalue weighted by atomic mass is 9.86. The summed E-state index contributed by atoms with van der Waals surface area (Å²) in [6, 6.07) is 3.40. The van der Waals surface area contributed by atoms with Crippen molar-refractivity contribution in [3.63, 3.8) is 0 Å². The summed E-state index contributed by atoms with van der Waals surface area (Å²) in [6.45, 7) is 0.121. The van der Waals surface area contributed by atoms with Gasteiger partial charge in [-0.3, -0.25) is 4.79 Å². The number of hydrogen-bond acceptors (Lipinski definition) is 1. The zero-order valence-electron chi connectivity index (χ0n) is 11.6. The molecule has 20 heavy (non-hydrogen) atoms. The zero-order valence-corrected chi connectivity index (χ0v) is 11.6. The highest BCUT2D eigenvalue weighted by Crippen LogP contribution is 2.27. The number of benzene rings is 1. The number of halogens is 2. The molecule has 1 aromatic carbocycles. The molecule has 1 amide bonds. The Balaban J connectivity index is 1.71. The fourth-order valence-electron chi connectivity index (χ4n) is 2.76. The minimum absolute atomic E-state index is 0.0562. The highest BCUT2D eigenvalue weighted by Gasteiger charge is 2.15. The molecule has 0 aromatic heterocycles. The molecule has 0 unspecified atom stereocenters. The molecule has 0 saturated heterocycles. The van der Waals surface area contributed by atoms with Crippen LogP contribution in [0.4, 0.5) is 8.78 Å². The van der Waals surface area contributed by atoms with E-state index in [1.54, 1.807) is 0 Å². The third kappa shape index (κ3) is 4.58. The normalized spacial score (nSPS) is 16.1. The topological polar surface area (TPSA) is 29.1 Å². The molecule has 0 heterocycles. The van der Waals surface area contributed by atoms with Gasteiger partial charge in [-0.05, 0) is 18.4 Å². The Morgan fingerprint density at radius 1 is 1.20 bits per heavy atom. The van der Waals surface area contributed by atoms with Gasteiger partial charge in [-0.1, -0.05) is 38.2 Å². The van der Waals surface area contributed by atoms with Gasteiger partial charge >= 0.3 is 0 Å². The Kier molecular flexibility index (Phi) is 5.50. The number of rotatable bonds is 5. The predicted octanol–water partition coefficient (Wildman–Crippen LogP) is 3.94. The van der Waals surface area contributed by atoms with Gasteiger partial charge in [0.05, 0.1) is 0 Å². The van der Waals surface area contributed by atoms with Crippen LogP contribution < -0.4 is 5.32 Å². The van der Waals surface area contributed by atoms with Crippen LogP contribution in [0.5, 0.6) is 0 Å². The Morgan fingerprint density at radius 3 is 2.65 bits per heavy atom. The first kappa shape index (κ1) is 14.9. The molecular formula is C16H21F2NO. The summed E-state index contributed by atoms with van der Waals surface area (Å²) in [5, 5.41) is 2.70. The zero-order chi connectivity index (χ0) is 14.4. The Morgan fingerprint density at radius 2 is 1.95 bits per heavy atom. The van der Waals surface area contributed by atoms with E-state index in [9.17, 15) is 13.6 Å². The van der Waals surface area contributed by atoms with Crippen molar-refractivity contribution in [1.82, 2.24) is 5.32 Å². The molecule has 0 radical (unpaired) electrons. The summed E-state index contributed by atoms with van der Waals surface area (Å²) in [5.41, 5.74) is 0.317. The van der Waals surface area contributed by atoms with E-state index in [2.05, 4.69) is 5.32 Å². The van der Waals surface area contributed by atoms with Crippen LogP contribution in [0.2, 0.25) is 0 Å². The van der Waals surface area contributed by atoms with Crippen LogP contribution in [0.15, 0.2) is 18.2 Å². The van der Waals surface area contributed by atoms with Gasteiger partial charge in [0, 0.05) is 24.6 Å². The van der Waals surface area contributed by atoms with Crippen molar-refractivity contribution in [1.29, 1.82) is 0 Å². The minimum atomic E-state index is -0.613. The molecule has 1 aromatic rings. The highest BCUT2D eigenvalue weighted by molar-refractivity contribution is 5.75. The van der Waals surface area contributed by atoms with Gasteiger partial charge in [-0.2, -0.15) is 0 Å². The minimum Gasteiger partial charge on any atom is -0.352 e. The van der Waals surface area contributed by atoms with Crippen LogP contribution in [0.25, 0.3) is 0 Å². The molecule has 1 N–H and O–H groups in total. The summed E-state index contributed by atoms with van der Waals surface area (Å²) < 4.78 is 26.1. The summed E-state index contributed by atoms with van der Waals surface area (Å²) >= 11 is 0. The lowest BCUT2D eigenvalue weighted by molar-refractivity contribution is -0.121. The van der Waals surface area contributed by atoms with Gasteiger partial charge in [0.2, 0.25) is 5.91 Å². The third-order valence-corrected chi connectivity index (χ3v) is 4.00. The number of amides is 1. The maximum Gasteiger partial charge on any atom is 0.220 e. The van der Waals surface area contributed by atoms with Crippen molar-refractivity contribution in [2.75, 3.05) is 0 Å². The number of hydrogen-bond donors (Lipinski definition) is 1. The van der Waals surface area contributed by atoms with Gasteiger partial charge in [0.25, 0.3) is 0 Å². The molecule has 0 bridgehead atoms. The first-order valence-corrected chi connectivity index (χ1v) is 7.36. The maximum absolute atomic E-state index is 13.4. The smallest absolute Gasteiger partial charge is 0.220 e. The lowest BCUT2D eigenvalue weighted by Crippen LogP contribution is -2.24. The third-order valence-electron chi connectivity index (χ3n) is 4.00. The Labute approximate surface area is 118 Å². The van der Waals surface area contributed by atoms with Gasteiger partial charge in [0.15, 0.2) is 0 Å². The fourth-order valence-corrected chi connectivity index (χ4v) is 2.76. The second-order valence-electron chi connectivity index (χ2n) is 5.56. The summed E-state index contributed by atoms with van der Waals surface area (Å²) in [4.78, 5) is 11.7. The fraction of sp³-hybridized carbons (Fsp3) is 0.562. The molecule has 1 saturated carbocycles. The van der Waals surface area contributed by atoms with E-state index in [-0.39, 0.29) is 12.5 Å². The van der Waals surface area contributed by atoms with E-state index in [1.165, 1.54) is 44.2 Å².